The van der Waals surface area contributed by atoms with E-state index < -0.39 is 0 Å². The van der Waals surface area contributed by atoms with E-state index in [1.54, 1.807) is 6.07 Å². The molecule has 0 bridgehead atoms. The summed E-state index contributed by atoms with van der Waals surface area (Å²) >= 11 is 21.0. The topological polar surface area (TPSA) is 61.4 Å². The van der Waals surface area contributed by atoms with Crippen LogP contribution in [0.25, 0.3) is 0 Å². The molecule has 9 heteroatoms. The number of aromatic hydroxyl groups is 1. The first-order valence-electron chi connectivity index (χ1n) is 6.03. The second-order valence-corrected chi connectivity index (χ2v) is 7.95. The lowest BCUT2D eigenvalue weighted by Crippen LogP contribution is -2.34. The van der Waals surface area contributed by atoms with Gasteiger partial charge in [0.1, 0.15) is 0 Å². The van der Waals surface area contributed by atoms with Gasteiger partial charge in [-0.3, -0.25) is 10.1 Å². The standard InChI is InChI=1S/C14H8Cl2I2N2O2S/c15-9-4-7(5-10(16)12(9)21)19-14(23)20-13(22)8-3-6(17)1-2-11(8)18/h1-5,21H,(H2,19,20,22,23). The summed E-state index contributed by atoms with van der Waals surface area (Å²) in [7, 11) is 0. The molecular formula is C14H8Cl2I2N2O2S. The van der Waals surface area contributed by atoms with E-state index >= 15 is 0 Å². The SMILES string of the molecule is O=C(NC(=S)Nc1cc(Cl)c(O)c(Cl)c1)c1cc(I)ccc1I. The van der Waals surface area contributed by atoms with Gasteiger partial charge in [-0.15, -0.1) is 0 Å². The molecule has 4 nitrogen and oxygen atoms in total. The fourth-order valence-electron chi connectivity index (χ4n) is 1.64. The first-order valence-corrected chi connectivity index (χ1v) is 9.35. The van der Waals surface area contributed by atoms with Crippen LogP contribution in [0.3, 0.4) is 0 Å². The molecule has 2 rings (SSSR count). The van der Waals surface area contributed by atoms with E-state index in [9.17, 15) is 9.90 Å². The molecule has 0 saturated carbocycles. The summed E-state index contributed by atoms with van der Waals surface area (Å²) in [5.41, 5.74) is 0.990. The predicted octanol–water partition coefficient (Wildman–Crippen LogP) is 5.04. The monoisotopic (exact) mass is 592 g/mol. The summed E-state index contributed by atoms with van der Waals surface area (Å²) in [6.45, 7) is 0. The molecule has 3 N–H and O–H groups in total. The molecular weight excluding hydrogens is 585 g/mol. The van der Waals surface area contributed by atoms with Crippen LogP contribution in [-0.2, 0) is 0 Å². The van der Waals surface area contributed by atoms with Crippen LogP contribution in [0.2, 0.25) is 10.0 Å². The summed E-state index contributed by atoms with van der Waals surface area (Å²) in [5.74, 6) is -0.524. The number of phenols is 1. The van der Waals surface area contributed by atoms with Crippen LogP contribution in [0.1, 0.15) is 10.4 Å². The molecule has 0 saturated heterocycles. The number of carbonyl (C=O) groups excluding carboxylic acids is 1. The first-order chi connectivity index (χ1) is 10.8. The number of nitrogens with one attached hydrogen (secondary N) is 2. The number of amides is 1. The highest BCUT2D eigenvalue weighted by atomic mass is 127. The lowest BCUT2D eigenvalue weighted by atomic mass is 10.2. The van der Waals surface area contributed by atoms with E-state index in [0.29, 0.717) is 11.3 Å². The minimum absolute atomic E-state index is 0.0845. The minimum Gasteiger partial charge on any atom is -0.505 e. The van der Waals surface area contributed by atoms with Crippen molar-refractivity contribution in [2.75, 3.05) is 5.32 Å². The summed E-state index contributed by atoms with van der Waals surface area (Å²) in [4.78, 5) is 12.3. The number of halogens is 4. The number of rotatable bonds is 2. The molecule has 0 aliphatic rings. The van der Waals surface area contributed by atoms with Gasteiger partial charge in [0.2, 0.25) is 0 Å². The highest BCUT2D eigenvalue weighted by Gasteiger charge is 2.13. The average molecular weight is 593 g/mol. The average Bonchev–Trinajstić information content (AvgIpc) is 2.46. The van der Waals surface area contributed by atoms with Crippen molar-refractivity contribution in [1.29, 1.82) is 0 Å². The Kier molecular flexibility index (Phi) is 6.72. The van der Waals surface area contributed by atoms with E-state index in [4.69, 9.17) is 35.4 Å². The normalized spacial score (nSPS) is 10.3. The highest BCUT2D eigenvalue weighted by Crippen LogP contribution is 2.34. The fraction of sp³-hybridized carbons (Fsp3) is 0. The third-order valence-electron chi connectivity index (χ3n) is 2.67. The van der Waals surface area contributed by atoms with Crippen molar-refractivity contribution in [3.63, 3.8) is 0 Å². The zero-order chi connectivity index (χ0) is 17.1. The highest BCUT2D eigenvalue weighted by molar-refractivity contribution is 14.1. The summed E-state index contributed by atoms with van der Waals surface area (Å²) in [6.07, 6.45) is 0. The lowest BCUT2D eigenvalue weighted by Gasteiger charge is -2.12. The van der Waals surface area contributed by atoms with E-state index in [0.717, 1.165) is 7.14 Å². The van der Waals surface area contributed by atoms with Crippen LogP contribution in [0.5, 0.6) is 5.75 Å². The van der Waals surface area contributed by atoms with Crippen LogP contribution in [-0.4, -0.2) is 16.1 Å². The van der Waals surface area contributed by atoms with Gasteiger partial charge in [-0.05, 0) is 87.7 Å². The second kappa shape index (κ2) is 8.15. The Balaban J connectivity index is 2.10. The van der Waals surface area contributed by atoms with Crippen molar-refractivity contribution in [3.8, 4) is 5.75 Å². The van der Waals surface area contributed by atoms with Gasteiger partial charge >= 0.3 is 0 Å². The summed E-state index contributed by atoms with van der Waals surface area (Å²) < 4.78 is 1.77. The lowest BCUT2D eigenvalue weighted by molar-refractivity contribution is 0.0977. The zero-order valence-electron chi connectivity index (χ0n) is 11.2. The molecule has 0 heterocycles. The number of hydrogen-bond acceptors (Lipinski definition) is 3. The van der Waals surface area contributed by atoms with E-state index in [2.05, 4.69) is 55.8 Å². The van der Waals surface area contributed by atoms with Gasteiger partial charge in [-0.2, -0.15) is 0 Å². The quantitative estimate of drug-likeness (QED) is 0.260. The maximum atomic E-state index is 12.3. The molecule has 120 valence electrons. The van der Waals surface area contributed by atoms with E-state index in [1.807, 2.05) is 12.1 Å². The van der Waals surface area contributed by atoms with Gasteiger partial charge in [0, 0.05) is 12.8 Å². The number of carbonyl (C=O) groups is 1. The van der Waals surface area contributed by atoms with Crippen molar-refractivity contribution in [2.24, 2.45) is 0 Å². The number of anilines is 1. The Hall–Kier alpha value is -0.360. The van der Waals surface area contributed by atoms with Crippen LogP contribution >= 0.6 is 80.6 Å². The van der Waals surface area contributed by atoms with Gasteiger partial charge in [-0.25, -0.2) is 0 Å². The van der Waals surface area contributed by atoms with Crippen molar-refractivity contribution < 1.29 is 9.90 Å². The Labute approximate surface area is 175 Å². The second-order valence-electron chi connectivity index (χ2n) is 4.32. The third kappa shape index (κ3) is 5.05. The maximum Gasteiger partial charge on any atom is 0.258 e. The molecule has 0 fully saturated rings. The van der Waals surface area contributed by atoms with Crippen LogP contribution in [0.15, 0.2) is 30.3 Å². The first kappa shape index (κ1) is 19.0. The van der Waals surface area contributed by atoms with Gasteiger partial charge in [-0.1, -0.05) is 23.2 Å². The Morgan fingerprint density at radius 3 is 2.35 bits per heavy atom. The fourth-order valence-corrected chi connectivity index (χ4v) is 3.41. The third-order valence-corrected chi connectivity index (χ3v) is 5.07. The van der Waals surface area contributed by atoms with Gasteiger partial charge in [0.25, 0.3) is 5.91 Å². The molecule has 0 spiro atoms. The minimum atomic E-state index is -0.318. The van der Waals surface area contributed by atoms with Crippen molar-refractivity contribution in [3.05, 3.63) is 53.1 Å². The predicted molar refractivity (Wildman–Crippen MR) is 114 cm³/mol. The number of benzene rings is 2. The smallest absolute Gasteiger partial charge is 0.258 e. The number of phenolic OH excluding ortho intramolecular Hbond substituents is 1. The summed E-state index contributed by atoms with van der Waals surface area (Å²) in [6, 6.07) is 8.45. The number of thiocarbonyl (C=S) groups is 1. The van der Waals surface area contributed by atoms with Crippen molar-refractivity contribution >= 4 is 97.3 Å². The molecule has 0 radical (unpaired) electrons. The van der Waals surface area contributed by atoms with Crippen LogP contribution < -0.4 is 10.6 Å². The molecule has 2 aromatic carbocycles. The van der Waals surface area contributed by atoms with Crippen molar-refractivity contribution in [1.82, 2.24) is 5.32 Å². The Morgan fingerprint density at radius 1 is 1.13 bits per heavy atom. The van der Waals surface area contributed by atoms with Gasteiger partial charge < -0.3 is 10.4 Å². The molecule has 0 aliphatic carbocycles. The molecule has 1 amide bonds. The molecule has 0 aromatic heterocycles. The molecule has 23 heavy (non-hydrogen) atoms. The van der Waals surface area contributed by atoms with Crippen LogP contribution in [0, 0.1) is 7.14 Å². The Morgan fingerprint density at radius 2 is 1.74 bits per heavy atom. The molecule has 0 atom stereocenters. The zero-order valence-corrected chi connectivity index (χ0v) is 17.8. The Bertz CT molecular complexity index is 779. The van der Waals surface area contributed by atoms with Crippen LogP contribution in [0.4, 0.5) is 5.69 Å². The van der Waals surface area contributed by atoms with Gasteiger partial charge in [0.15, 0.2) is 10.9 Å². The number of hydrogen-bond donors (Lipinski definition) is 3. The molecule has 2 aromatic rings. The van der Waals surface area contributed by atoms with E-state index in [1.165, 1.54) is 12.1 Å². The largest absolute Gasteiger partial charge is 0.505 e. The summed E-state index contributed by atoms with van der Waals surface area (Å²) in [5, 5.41) is 15.2. The van der Waals surface area contributed by atoms with Gasteiger partial charge in [0.05, 0.1) is 15.6 Å². The molecule has 0 aliphatic heterocycles. The maximum absolute atomic E-state index is 12.3. The van der Waals surface area contributed by atoms with E-state index in [-0.39, 0.29) is 26.8 Å². The van der Waals surface area contributed by atoms with Crippen molar-refractivity contribution in [2.45, 2.75) is 0 Å². The molecule has 0 unspecified atom stereocenters.